The highest BCUT2D eigenvalue weighted by molar-refractivity contribution is 5.73. The summed E-state index contributed by atoms with van der Waals surface area (Å²) < 4.78 is 6.25. The number of nitrogens with one attached hydrogen (secondary N) is 1. The first-order valence-corrected chi connectivity index (χ1v) is 8.21. The van der Waals surface area contributed by atoms with E-state index in [4.69, 9.17) is 14.7 Å². The van der Waals surface area contributed by atoms with Crippen molar-refractivity contribution in [3.05, 3.63) is 58.6 Å². The Morgan fingerprint density at radius 2 is 1.96 bits per heavy atom. The monoisotopic (exact) mass is 377 g/mol. The van der Waals surface area contributed by atoms with Gasteiger partial charge in [0.1, 0.15) is 18.3 Å². The highest BCUT2D eigenvalue weighted by atomic mass is 16.7. The number of aliphatic hydroxyl groups is 3. The van der Waals surface area contributed by atoms with Crippen LogP contribution >= 0.6 is 0 Å². The fraction of sp³-hybridized carbons (Fsp3) is 0.353. The standard InChI is InChI=1S/C17H19N3O7/c21-9-11-14(23)15(24)16(26-11)20-7-6-12(18-17(20)25)19-27-13(22)8-10-4-2-1-3-5-10/h1-7,11,14-16,21,23-24H,8-9H2,(H,18,19,25)/t11-,14-,15-,16-/m1/s1. The van der Waals surface area contributed by atoms with E-state index in [9.17, 15) is 19.8 Å². The van der Waals surface area contributed by atoms with Crippen LogP contribution in [0.25, 0.3) is 0 Å². The molecule has 27 heavy (non-hydrogen) atoms. The smallest absolute Gasteiger partial charge is 0.351 e. The molecule has 4 N–H and O–H groups in total. The first kappa shape index (κ1) is 19.0. The van der Waals surface area contributed by atoms with Gasteiger partial charge >= 0.3 is 11.7 Å². The van der Waals surface area contributed by atoms with Gasteiger partial charge in [-0.25, -0.2) is 15.1 Å². The maximum atomic E-state index is 12.1. The fourth-order valence-electron chi connectivity index (χ4n) is 2.68. The van der Waals surface area contributed by atoms with E-state index in [1.54, 1.807) is 24.3 Å². The largest absolute Gasteiger partial charge is 0.394 e. The van der Waals surface area contributed by atoms with Gasteiger partial charge in [-0.05, 0) is 5.56 Å². The number of hydrogen-bond donors (Lipinski definition) is 4. The van der Waals surface area contributed by atoms with E-state index in [2.05, 4.69) is 10.5 Å². The third-order valence-electron chi connectivity index (χ3n) is 4.08. The van der Waals surface area contributed by atoms with Gasteiger partial charge in [-0.2, -0.15) is 4.98 Å². The summed E-state index contributed by atoms with van der Waals surface area (Å²) in [5.74, 6) is -0.569. The van der Waals surface area contributed by atoms with Crippen molar-refractivity contribution in [2.24, 2.45) is 0 Å². The molecule has 0 saturated carbocycles. The second kappa shape index (κ2) is 8.27. The number of carbonyl (C=O) groups excluding carboxylic acids is 1. The van der Waals surface area contributed by atoms with Gasteiger partial charge in [0.05, 0.1) is 13.0 Å². The SMILES string of the molecule is O=C(Cc1ccccc1)ONc1ccn([C@@H]2O[C@H](CO)[C@@H](O)[C@H]2O)c(=O)n1. The average molecular weight is 377 g/mol. The van der Waals surface area contributed by atoms with Crippen LogP contribution in [-0.2, 0) is 20.8 Å². The van der Waals surface area contributed by atoms with Crippen LogP contribution in [0.2, 0.25) is 0 Å². The third kappa shape index (κ3) is 4.31. The molecule has 1 aromatic heterocycles. The summed E-state index contributed by atoms with van der Waals surface area (Å²) in [6, 6.07) is 10.3. The summed E-state index contributed by atoms with van der Waals surface area (Å²) in [5.41, 5.74) is 2.27. The Morgan fingerprint density at radius 1 is 1.22 bits per heavy atom. The van der Waals surface area contributed by atoms with E-state index < -0.39 is 42.8 Å². The average Bonchev–Trinajstić information content (AvgIpc) is 2.95. The van der Waals surface area contributed by atoms with Crippen LogP contribution in [-0.4, -0.2) is 55.8 Å². The van der Waals surface area contributed by atoms with Crippen molar-refractivity contribution in [1.82, 2.24) is 9.55 Å². The van der Waals surface area contributed by atoms with E-state index in [1.807, 2.05) is 6.07 Å². The van der Waals surface area contributed by atoms with Gasteiger partial charge in [-0.3, -0.25) is 4.57 Å². The Kier molecular flexibility index (Phi) is 5.81. The molecule has 144 valence electrons. The molecule has 1 fully saturated rings. The van der Waals surface area contributed by atoms with Gasteiger partial charge < -0.3 is 24.9 Å². The summed E-state index contributed by atoms with van der Waals surface area (Å²) in [7, 11) is 0. The number of hydrogen-bond acceptors (Lipinski definition) is 9. The molecular weight excluding hydrogens is 358 g/mol. The number of nitrogens with zero attached hydrogens (tertiary/aromatic N) is 2. The van der Waals surface area contributed by atoms with E-state index in [1.165, 1.54) is 12.3 Å². The third-order valence-corrected chi connectivity index (χ3v) is 4.08. The molecular formula is C17H19N3O7. The number of benzene rings is 1. The van der Waals surface area contributed by atoms with Crippen molar-refractivity contribution in [2.45, 2.75) is 31.0 Å². The minimum Gasteiger partial charge on any atom is -0.394 e. The van der Waals surface area contributed by atoms with Gasteiger partial charge in [-0.15, -0.1) is 0 Å². The minimum absolute atomic E-state index is 0.00981. The highest BCUT2D eigenvalue weighted by Gasteiger charge is 2.43. The minimum atomic E-state index is -1.40. The van der Waals surface area contributed by atoms with Crippen LogP contribution in [0.3, 0.4) is 0 Å². The molecule has 0 radical (unpaired) electrons. The van der Waals surface area contributed by atoms with Crippen molar-refractivity contribution in [2.75, 3.05) is 12.1 Å². The molecule has 2 aromatic rings. The first-order chi connectivity index (χ1) is 13.0. The Bertz CT molecular complexity index is 842. The number of anilines is 1. The Morgan fingerprint density at radius 3 is 2.59 bits per heavy atom. The number of aliphatic hydroxyl groups excluding tert-OH is 3. The molecule has 3 rings (SSSR count). The summed E-state index contributed by atoms with van der Waals surface area (Å²) in [4.78, 5) is 32.5. The summed E-state index contributed by atoms with van der Waals surface area (Å²) in [5, 5.41) is 28.8. The lowest BCUT2D eigenvalue weighted by Gasteiger charge is -2.17. The quantitative estimate of drug-likeness (QED) is 0.465. The van der Waals surface area contributed by atoms with Crippen LogP contribution in [0.4, 0.5) is 5.82 Å². The van der Waals surface area contributed by atoms with Gasteiger partial charge in [0, 0.05) is 12.3 Å². The van der Waals surface area contributed by atoms with Crippen LogP contribution in [0.1, 0.15) is 11.8 Å². The molecule has 10 nitrogen and oxygen atoms in total. The normalized spacial score (nSPS) is 24.6. The van der Waals surface area contributed by atoms with Crippen LogP contribution < -0.4 is 11.2 Å². The fourth-order valence-corrected chi connectivity index (χ4v) is 2.68. The number of carbonyl (C=O) groups is 1. The lowest BCUT2D eigenvalue weighted by molar-refractivity contribution is -0.139. The second-order valence-corrected chi connectivity index (χ2v) is 5.97. The molecule has 0 amide bonds. The van der Waals surface area contributed by atoms with Crippen molar-refractivity contribution in [3.63, 3.8) is 0 Å². The molecule has 1 aliphatic rings. The molecule has 1 saturated heterocycles. The lowest BCUT2D eigenvalue weighted by Crippen LogP contribution is -2.36. The van der Waals surface area contributed by atoms with E-state index >= 15 is 0 Å². The summed E-state index contributed by atoms with van der Waals surface area (Å²) >= 11 is 0. The predicted molar refractivity (Wildman–Crippen MR) is 91.4 cm³/mol. The topological polar surface area (TPSA) is 143 Å². The van der Waals surface area contributed by atoms with Crippen LogP contribution in [0, 0.1) is 0 Å². The summed E-state index contributed by atoms with van der Waals surface area (Å²) in [6.45, 7) is -0.506. The molecule has 0 unspecified atom stereocenters. The molecule has 1 aromatic carbocycles. The van der Waals surface area contributed by atoms with Crippen molar-refractivity contribution in [1.29, 1.82) is 0 Å². The maximum absolute atomic E-state index is 12.1. The number of rotatable bonds is 6. The maximum Gasteiger partial charge on any atom is 0.351 e. The molecule has 2 heterocycles. The highest BCUT2D eigenvalue weighted by Crippen LogP contribution is 2.28. The van der Waals surface area contributed by atoms with Crippen LogP contribution in [0.5, 0.6) is 0 Å². The van der Waals surface area contributed by atoms with Crippen molar-refractivity contribution >= 4 is 11.8 Å². The molecule has 10 heteroatoms. The van der Waals surface area contributed by atoms with Gasteiger partial charge in [0.25, 0.3) is 0 Å². The van der Waals surface area contributed by atoms with Gasteiger partial charge in [0.15, 0.2) is 12.0 Å². The van der Waals surface area contributed by atoms with Crippen LogP contribution in [0.15, 0.2) is 47.4 Å². The van der Waals surface area contributed by atoms with E-state index in [0.29, 0.717) is 0 Å². The first-order valence-electron chi connectivity index (χ1n) is 8.21. The van der Waals surface area contributed by atoms with E-state index in [0.717, 1.165) is 10.1 Å². The zero-order valence-corrected chi connectivity index (χ0v) is 14.1. The Hall–Kier alpha value is -2.79. The predicted octanol–water partition coefficient (Wildman–Crippen LogP) is -1.03. The molecule has 1 aliphatic heterocycles. The Balaban J connectivity index is 1.62. The molecule has 0 aliphatic carbocycles. The van der Waals surface area contributed by atoms with Crippen molar-refractivity contribution < 1.29 is 29.7 Å². The zero-order valence-electron chi connectivity index (χ0n) is 14.1. The van der Waals surface area contributed by atoms with E-state index in [-0.39, 0.29) is 12.2 Å². The van der Waals surface area contributed by atoms with Crippen molar-refractivity contribution in [3.8, 4) is 0 Å². The second-order valence-electron chi connectivity index (χ2n) is 5.97. The lowest BCUT2D eigenvalue weighted by atomic mass is 10.1. The summed E-state index contributed by atoms with van der Waals surface area (Å²) in [6.07, 6.45) is -3.61. The zero-order chi connectivity index (χ0) is 19.4. The Labute approximate surface area is 153 Å². The molecule has 0 bridgehead atoms. The van der Waals surface area contributed by atoms with Gasteiger partial charge in [-0.1, -0.05) is 30.3 Å². The molecule has 0 spiro atoms. The van der Waals surface area contributed by atoms with Gasteiger partial charge in [0.2, 0.25) is 0 Å². The number of ether oxygens (including phenoxy) is 1. The number of aromatic nitrogens is 2. The molecule has 4 atom stereocenters.